The summed E-state index contributed by atoms with van der Waals surface area (Å²) in [5.41, 5.74) is 1.24. The Morgan fingerprint density at radius 1 is 1.12 bits per heavy atom. The Morgan fingerprint density at radius 2 is 1.79 bits per heavy atom. The Balaban J connectivity index is 1.10. The van der Waals surface area contributed by atoms with Crippen LogP contribution in [-0.4, -0.2) is 72.4 Å². The summed E-state index contributed by atoms with van der Waals surface area (Å²) in [6.07, 6.45) is 1.77. The molecule has 1 aromatic heterocycles. The van der Waals surface area contributed by atoms with Gasteiger partial charge in [-0.3, -0.25) is 9.69 Å². The molecular weight excluding hydrogens is 447 g/mol. The summed E-state index contributed by atoms with van der Waals surface area (Å²) < 4.78 is 42.9. The molecule has 4 rings (SSSR count). The summed E-state index contributed by atoms with van der Waals surface area (Å²) in [7, 11) is 0. The number of Topliss-reactive ketones (excluding diaryl/α,β-unsaturated/α-hetero) is 1. The Kier molecular flexibility index (Phi) is 8.34. The molecule has 9 heteroatoms. The zero-order chi connectivity index (χ0) is 24.1. The van der Waals surface area contributed by atoms with Crippen molar-refractivity contribution in [3.63, 3.8) is 0 Å². The number of rotatable bonds is 9. The second kappa shape index (κ2) is 11.2. The maximum absolute atomic E-state index is 12.4. The lowest BCUT2D eigenvalue weighted by Gasteiger charge is -2.37. The summed E-state index contributed by atoms with van der Waals surface area (Å²) in [5, 5.41) is 9.01. The van der Waals surface area contributed by atoms with Crippen LogP contribution in [0.1, 0.15) is 56.9 Å². The van der Waals surface area contributed by atoms with Crippen molar-refractivity contribution in [2.24, 2.45) is 11.8 Å². The van der Waals surface area contributed by atoms with E-state index in [0.717, 1.165) is 89.4 Å². The Morgan fingerprint density at radius 3 is 2.47 bits per heavy atom. The minimum absolute atomic E-state index is 0.194. The van der Waals surface area contributed by atoms with E-state index >= 15 is 0 Å². The molecule has 1 aliphatic carbocycles. The van der Waals surface area contributed by atoms with E-state index in [-0.39, 0.29) is 6.42 Å². The molecule has 3 heterocycles. The van der Waals surface area contributed by atoms with E-state index in [1.165, 1.54) is 12.0 Å². The average molecular weight is 484 g/mol. The molecule has 3 aliphatic rings. The highest BCUT2D eigenvalue weighted by Crippen LogP contribution is 2.35. The Hall–Kier alpha value is -1.87. The highest BCUT2D eigenvalue weighted by Gasteiger charge is 2.42. The van der Waals surface area contributed by atoms with Crippen LogP contribution in [0.25, 0.3) is 0 Å². The van der Waals surface area contributed by atoms with E-state index < -0.39 is 18.1 Å². The number of halogens is 3. The summed E-state index contributed by atoms with van der Waals surface area (Å²) in [6, 6.07) is 1.95. The third-order valence-corrected chi connectivity index (χ3v) is 7.74. The first-order valence-corrected chi connectivity index (χ1v) is 12.7. The van der Waals surface area contributed by atoms with Gasteiger partial charge in [0.25, 0.3) is 0 Å². The first-order valence-electron chi connectivity index (χ1n) is 12.7. The number of fused-ring (bicyclic) bond motifs is 1. The van der Waals surface area contributed by atoms with Gasteiger partial charge in [0.15, 0.2) is 5.78 Å². The van der Waals surface area contributed by atoms with Gasteiger partial charge in [-0.15, -0.1) is 0 Å². The molecule has 2 fully saturated rings. The fraction of sp³-hybridized carbons (Fsp3) is 0.760. The number of pyridine rings is 1. The SMILES string of the molecule is O=C(CCCC1CCC(CCN2CCN(c3nccc4c3CCO4)CC2)CC1)C(O)C(F)(F)F. The average Bonchev–Trinajstić information content (AvgIpc) is 3.32. The van der Waals surface area contributed by atoms with Crippen molar-refractivity contribution in [3.8, 4) is 5.75 Å². The van der Waals surface area contributed by atoms with E-state index in [1.807, 2.05) is 12.3 Å². The van der Waals surface area contributed by atoms with E-state index in [9.17, 15) is 18.0 Å². The molecule has 190 valence electrons. The molecule has 1 unspecified atom stereocenters. The minimum atomic E-state index is -4.85. The van der Waals surface area contributed by atoms with Gasteiger partial charge in [-0.1, -0.05) is 32.1 Å². The van der Waals surface area contributed by atoms with Crippen LogP contribution < -0.4 is 9.64 Å². The van der Waals surface area contributed by atoms with Gasteiger partial charge in [-0.25, -0.2) is 4.98 Å². The number of ether oxygens (including phenoxy) is 1. The molecule has 34 heavy (non-hydrogen) atoms. The lowest BCUT2D eigenvalue weighted by Crippen LogP contribution is -2.47. The minimum Gasteiger partial charge on any atom is -0.493 e. The van der Waals surface area contributed by atoms with Crippen molar-refractivity contribution in [1.82, 2.24) is 9.88 Å². The molecule has 0 amide bonds. The number of ketones is 1. The van der Waals surface area contributed by atoms with E-state index in [2.05, 4.69) is 14.8 Å². The number of aliphatic hydroxyl groups excluding tert-OH is 1. The largest absolute Gasteiger partial charge is 0.493 e. The molecule has 0 spiro atoms. The van der Waals surface area contributed by atoms with Crippen molar-refractivity contribution in [2.75, 3.05) is 44.2 Å². The predicted molar refractivity (Wildman–Crippen MR) is 123 cm³/mol. The number of hydrogen-bond acceptors (Lipinski definition) is 6. The van der Waals surface area contributed by atoms with Gasteiger partial charge in [-0.2, -0.15) is 13.2 Å². The number of anilines is 1. The summed E-state index contributed by atoms with van der Waals surface area (Å²) >= 11 is 0. The highest BCUT2D eigenvalue weighted by molar-refractivity contribution is 5.83. The number of carbonyl (C=O) groups excluding carboxylic acids is 1. The van der Waals surface area contributed by atoms with Gasteiger partial charge in [-0.05, 0) is 37.3 Å². The first kappa shape index (κ1) is 25.2. The monoisotopic (exact) mass is 483 g/mol. The normalized spacial score (nSPS) is 24.5. The number of aliphatic hydroxyl groups is 1. The smallest absolute Gasteiger partial charge is 0.421 e. The molecule has 1 atom stereocenters. The second-order valence-electron chi connectivity index (χ2n) is 10.0. The molecule has 0 bridgehead atoms. The maximum Gasteiger partial charge on any atom is 0.421 e. The number of carbonyl (C=O) groups is 1. The zero-order valence-corrected chi connectivity index (χ0v) is 19.7. The highest BCUT2D eigenvalue weighted by atomic mass is 19.4. The van der Waals surface area contributed by atoms with E-state index in [4.69, 9.17) is 9.84 Å². The number of hydrogen-bond donors (Lipinski definition) is 1. The molecule has 1 saturated carbocycles. The van der Waals surface area contributed by atoms with Crippen LogP contribution >= 0.6 is 0 Å². The summed E-state index contributed by atoms with van der Waals surface area (Å²) in [4.78, 5) is 21.0. The lowest BCUT2D eigenvalue weighted by molar-refractivity contribution is -0.203. The standard InChI is InChI=1S/C25H36F3N3O3/c26-25(27,28)23(33)21(32)3-1-2-18-4-6-19(7-5-18)9-12-30-13-15-31(16-14-30)24-20-10-17-34-22(20)8-11-29-24/h8,11,18-19,23,33H,1-7,9-10,12-17H2. The van der Waals surface area contributed by atoms with Crippen molar-refractivity contribution in [2.45, 2.75) is 70.1 Å². The van der Waals surface area contributed by atoms with Crippen LogP contribution in [0.4, 0.5) is 19.0 Å². The van der Waals surface area contributed by atoms with Gasteiger partial charge < -0.3 is 14.7 Å². The van der Waals surface area contributed by atoms with Gasteiger partial charge >= 0.3 is 6.18 Å². The van der Waals surface area contributed by atoms with Gasteiger partial charge in [0.05, 0.1) is 6.61 Å². The molecular formula is C25H36F3N3O3. The second-order valence-corrected chi connectivity index (χ2v) is 10.0. The topological polar surface area (TPSA) is 65.9 Å². The quantitative estimate of drug-likeness (QED) is 0.573. The number of piperazine rings is 1. The Labute approximate surface area is 199 Å². The van der Waals surface area contributed by atoms with Crippen LogP contribution in [0, 0.1) is 11.8 Å². The predicted octanol–water partition coefficient (Wildman–Crippen LogP) is 4.00. The first-order chi connectivity index (χ1) is 16.3. The van der Waals surface area contributed by atoms with Crippen LogP contribution in [-0.2, 0) is 11.2 Å². The molecule has 1 saturated heterocycles. The summed E-state index contributed by atoms with van der Waals surface area (Å²) in [5.74, 6) is 2.15. The fourth-order valence-corrected chi connectivity index (χ4v) is 5.61. The number of alkyl halides is 3. The molecule has 2 aliphatic heterocycles. The van der Waals surface area contributed by atoms with Crippen LogP contribution in [0.5, 0.6) is 5.75 Å². The molecule has 0 aromatic carbocycles. The van der Waals surface area contributed by atoms with Crippen molar-refractivity contribution in [1.29, 1.82) is 0 Å². The van der Waals surface area contributed by atoms with Gasteiger partial charge in [0.1, 0.15) is 11.6 Å². The fourth-order valence-electron chi connectivity index (χ4n) is 5.61. The zero-order valence-electron chi connectivity index (χ0n) is 19.7. The molecule has 1 aromatic rings. The maximum atomic E-state index is 12.4. The third-order valence-electron chi connectivity index (χ3n) is 7.74. The van der Waals surface area contributed by atoms with Gasteiger partial charge in [0, 0.05) is 50.8 Å². The molecule has 0 radical (unpaired) electrons. The van der Waals surface area contributed by atoms with Crippen molar-refractivity contribution < 1.29 is 27.8 Å². The van der Waals surface area contributed by atoms with Crippen LogP contribution in [0.2, 0.25) is 0 Å². The third kappa shape index (κ3) is 6.42. The van der Waals surface area contributed by atoms with Crippen LogP contribution in [0.15, 0.2) is 12.3 Å². The van der Waals surface area contributed by atoms with E-state index in [1.54, 1.807) is 0 Å². The van der Waals surface area contributed by atoms with Crippen LogP contribution in [0.3, 0.4) is 0 Å². The van der Waals surface area contributed by atoms with Crippen molar-refractivity contribution >= 4 is 11.6 Å². The Bertz CT molecular complexity index is 819. The lowest BCUT2D eigenvalue weighted by atomic mass is 9.78. The number of aromatic nitrogens is 1. The molecule has 1 N–H and O–H groups in total. The van der Waals surface area contributed by atoms with Crippen molar-refractivity contribution in [3.05, 3.63) is 17.8 Å². The molecule has 6 nitrogen and oxygen atoms in total. The van der Waals surface area contributed by atoms with Gasteiger partial charge in [0.2, 0.25) is 6.10 Å². The summed E-state index contributed by atoms with van der Waals surface area (Å²) in [6.45, 7) is 5.90. The van der Waals surface area contributed by atoms with E-state index in [0.29, 0.717) is 18.3 Å². The number of nitrogens with zero attached hydrogens (tertiary/aromatic N) is 3.